The molecule has 1 aliphatic rings. The number of rotatable bonds is 5. The van der Waals surface area contributed by atoms with Crippen LogP contribution in [0.4, 0.5) is 0 Å². The summed E-state index contributed by atoms with van der Waals surface area (Å²) in [5, 5.41) is 3.72. The minimum Gasteiger partial charge on any atom is -0.379 e. The molecule has 126 valence electrons. The van der Waals surface area contributed by atoms with E-state index >= 15 is 0 Å². The summed E-state index contributed by atoms with van der Waals surface area (Å²) in [6.07, 6.45) is 3.23. The summed E-state index contributed by atoms with van der Waals surface area (Å²) >= 11 is 6.15. The van der Waals surface area contributed by atoms with Gasteiger partial charge in [-0.05, 0) is 29.8 Å². The van der Waals surface area contributed by atoms with Gasteiger partial charge < -0.3 is 10.1 Å². The number of carbonyl (C=O) groups excluding carboxylic acids is 1. The molecule has 1 aromatic heterocycles. The average Bonchev–Trinajstić information content (AvgIpc) is 2.63. The molecule has 0 bridgehead atoms. The van der Waals surface area contributed by atoms with Crippen LogP contribution >= 0.6 is 11.6 Å². The number of nitrogens with zero attached hydrogens (tertiary/aromatic N) is 2. The Hall–Kier alpha value is -1.95. The Kier molecular flexibility index (Phi) is 5.80. The molecule has 1 N–H and O–H groups in total. The molecular formula is C18H20ClN3O2. The van der Waals surface area contributed by atoms with Gasteiger partial charge in [-0.25, -0.2) is 0 Å². The van der Waals surface area contributed by atoms with Crippen LogP contribution in [0.5, 0.6) is 0 Å². The maximum atomic E-state index is 12.3. The molecule has 2 aromatic rings. The lowest BCUT2D eigenvalue weighted by Gasteiger charge is -2.35. The van der Waals surface area contributed by atoms with Gasteiger partial charge in [0.1, 0.15) is 0 Å². The van der Waals surface area contributed by atoms with Crippen molar-refractivity contribution in [1.82, 2.24) is 15.2 Å². The fraction of sp³-hybridized carbons (Fsp3) is 0.333. The predicted octanol–water partition coefficient (Wildman–Crippen LogP) is 2.54. The van der Waals surface area contributed by atoms with Crippen molar-refractivity contribution in [2.45, 2.75) is 6.04 Å². The zero-order valence-corrected chi connectivity index (χ0v) is 14.1. The maximum Gasteiger partial charge on any atom is 0.251 e. The second-order valence-electron chi connectivity index (χ2n) is 5.67. The maximum absolute atomic E-state index is 12.3. The van der Waals surface area contributed by atoms with Crippen LogP contribution in [0.25, 0.3) is 0 Å². The van der Waals surface area contributed by atoms with Crippen molar-refractivity contribution in [3.63, 3.8) is 0 Å². The van der Waals surface area contributed by atoms with E-state index in [0.29, 0.717) is 30.3 Å². The van der Waals surface area contributed by atoms with Crippen LogP contribution in [-0.4, -0.2) is 48.6 Å². The minimum atomic E-state index is -0.0994. The fourth-order valence-corrected chi connectivity index (χ4v) is 3.05. The summed E-state index contributed by atoms with van der Waals surface area (Å²) in [6.45, 7) is 3.59. The number of pyridine rings is 1. The Morgan fingerprint density at radius 2 is 2.00 bits per heavy atom. The van der Waals surface area contributed by atoms with Gasteiger partial charge >= 0.3 is 0 Å². The Labute approximate surface area is 146 Å². The zero-order chi connectivity index (χ0) is 16.8. The lowest BCUT2D eigenvalue weighted by Crippen LogP contribution is -2.43. The highest BCUT2D eigenvalue weighted by Gasteiger charge is 2.23. The lowest BCUT2D eigenvalue weighted by atomic mass is 10.0. The van der Waals surface area contributed by atoms with Gasteiger partial charge in [0.25, 0.3) is 5.91 Å². The van der Waals surface area contributed by atoms with Gasteiger partial charge in [0, 0.05) is 42.6 Å². The van der Waals surface area contributed by atoms with Gasteiger partial charge in [-0.1, -0.05) is 23.7 Å². The number of halogens is 1. The predicted molar refractivity (Wildman–Crippen MR) is 93.2 cm³/mol. The Morgan fingerprint density at radius 3 is 2.71 bits per heavy atom. The van der Waals surface area contributed by atoms with E-state index in [9.17, 15) is 4.79 Å². The van der Waals surface area contributed by atoms with Crippen molar-refractivity contribution in [2.24, 2.45) is 0 Å². The molecule has 2 heterocycles. The number of carbonyl (C=O) groups is 1. The first-order chi connectivity index (χ1) is 11.7. The van der Waals surface area contributed by atoms with Crippen molar-refractivity contribution in [3.05, 3.63) is 64.9 Å². The van der Waals surface area contributed by atoms with Crippen LogP contribution in [0.1, 0.15) is 22.0 Å². The van der Waals surface area contributed by atoms with Gasteiger partial charge in [0.15, 0.2) is 0 Å². The molecule has 5 nitrogen and oxygen atoms in total. The molecule has 1 aliphatic heterocycles. The van der Waals surface area contributed by atoms with Crippen molar-refractivity contribution in [2.75, 3.05) is 32.8 Å². The first-order valence-corrected chi connectivity index (χ1v) is 8.37. The zero-order valence-electron chi connectivity index (χ0n) is 13.3. The van der Waals surface area contributed by atoms with E-state index in [-0.39, 0.29) is 11.9 Å². The highest BCUT2D eigenvalue weighted by Crippen LogP contribution is 2.24. The summed E-state index contributed by atoms with van der Waals surface area (Å²) in [7, 11) is 0. The van der Waals surface area contributed by atoms with E-state index in [4.69, 9.17) is 16.3 Å². The van der Waals surface area contributed by atoms with Crippen LogP contribution in [0.3, 0.4) is 0 Å². The summed E-state index contributed by atoms with van der Waals surface area (Å²) < 4.78 is 5.44. The normalized spacial score (nSPS) is 16.5. The largest absolute Gasteiger partial charge is 0.379 e. The minimum absolute atomic E-state index is 0.0680. The molecule has 3 rings (SSSR count). The standard InChI is InChI=1S/C18H20ClN3O2/c19-16-3-1-2-15(12-16)17(22-8-10-24-11-9-22)13-21-18(23)14-4-6-20-7-5-14/h1-7,12,17H,8-11,13H2,(H,21,23)/t17-/m0/s1. The van der Waals surface area contributed by atoms with Crippen molar-refractivity contribution in [3.8, 4) is 0 Å². The summed E-state index contributed by atoms with van der Waals surface area (Å²) in [6, 6.07) is 11.3. The third-order valence-electron chi connectivity index (χ3n) is 4.12. The fourth-order valence-electron chi connectivity index (χ4n) is 2.86. The van der Waals surface area contributed by atoms with Gasteiger partial charge in [-0.2, -0.15) is 0 Å². The van der Waals surface area contributed by atoms with Gasteiger partial charge in [-0.3, -0.25) is 14.7 Å². The first-order valence-electron chi connectivity index (χ1n) is 7.99. The summed E-state index contributed by atoms with van der Waals surface area (Å²) in [5.74, 6) is -0.0994. The smallest absolute Gasteiger partial charge is 0.251 e. The molecule has 0 radical (unpaired) electrons. The van der Waals surface area contributed by atoms with Crippen molar-refractivity contribution in [1.29, 1.82) is 0 Å². The van der Waals surface area contributed by atoms with Crippen LogP contribution in [0, 0.1) is 0 Å². The van der Waals surface area contributed by atoms with Gasteiger partial charge in [0.05, 0.1) is 19.3 Å². The number of hydrogen-bond acceptors (Lipinski definition) is 4. The molecule has 0 aliphatic carbocycles. The Balaban J connectivity index is 1.73. The number of morpholine rings is 1. The van der Waals surface area contributed by atoms with Crippen molar-refractivity contribution < 1.29 is 9.53 Å². The Bertz CT molecular complexity index is 675. The van der Waals surface area contributed by atoms with E-state index < -0.39 is 0 Å². The number of nitrogens with one attached hydrogen (secondary N) is 1. The number of hydrogen-bond donors (Lipinski definition) is 1. The number of aromatic nitrogens is 1. The molecule has 1 saturated heterocycles. The van der Waals surface area contributed by atoms with Crippen LogP contribution in [-0.2, 0) is 4.74 Å². The number of benzene rings is 1. The molecule has 0 spiro atoms. The monoisotopic (exact) mass is 345 g/mol. The molecule has 0 saturated carbocycles. The van der Waals surface area contributed by atoms with Gasteiger partial charge in [0.2, 0.25) is 0 Å². The first kappa shape index (κ1) is 16.9. The third-order valence-corrected chi connectivity index (χ3v) is 4.35. The van der Waals surface area contributed by atoms with Crippen LogP contribution in [0.2, 0.25) is 5.02 Å². The summed E-state index contributed by atoms with van der Waals surface area (Å²) in [5.41, 5.74) is 1.70. The number of ether oxygens (including phenoxy) is 1. The molecule has 6 heteroatoms. The molecule has 1 aromatic carbocycles. The molecule has 24 heavy (non-hydrogen) atoms. The van der Waals surface area contributed by atoms with Crippen LogP contribution < -0.4 is 5.32 Å². The third kappa shape index (κ3) is 4.32. The molecule has 0 unspecified atom stereocenters. The van der Waals surface area contributed by atoms with E-state index in [1.807, 2.05) is 24.3 Å². The van der Waals surface area contributed by atoms with E-state index in [0.717, 1.165) is 18.7 Å². The SMILES string of the molecule is O=C(NC[C@@H](c1cccc(Cl)c1)N1CCOCC1)c1ccncc1. The van der Waals surface area contributed by atoms with Crippen molar-refractivity contribution >= 4 is 17.5 Å². The molecule has 1 atom stereocenters. The average molecular weight is 346 g/mol. The summed E-state index contributed by atoms with van der Waals surface area (Å²) in [4.78, 5) is 18.6. The highest BCUT2D eigenvalue weighted by atomic mass is 35.5. The van der Waals surface area contributed by atoms with Crippen LogP contribution in [0.15, 0.2) is 48.8 Å². The molecule has 1 fully saturated rings. The van der Waals surface area contributed by atoms with Gasteiger partial charge in [-0.15, -0.1) is 0 Å². The lowest BCUT2D eigenvalue weighted by molar-refractivity contribution is 0.0162. The van der Waals surface area contributed by atoms with E-state index in [2.05, 4.69) is 15.2 Å². The molecular weight excluding hydrogens is 326 g/mol. The second kappa shape index (κ2) is 8.24. The Morgan fingerprint density at radius 1 is 1.25 bits per heavy atom. The number of amides is 1. The topological polar surface area (TPSA) is 54.5 Å². The van der Waals surface area contributed by atoms with E-state index in [1.165, 1.54) is 0 Å². The quantitative estimate of drug-likeness (QED) is 0.904. The molecule has 1 amide bonds. The van der Waals surface area contributed by atoms with E-state index in [1.54, 1.807) is 24.5 Å². The highest BCUT2D eigenvalue weighted by molar-refractivity contribution is 6.30. The second-order valence-corrected chi connectivity index (χ2v) is 6.10.